The number of hydrogen-bond donors (Lipinski definition) is 0. The zero-order valence-corrected chi connectivity index (χ0v) is 18.0. The monoisotopic (exact) mass is 404 g/mol. The van der Waals surface area contributed by atoms with E-state index in [4.69, 9.17) is 21.3 Å². The van der Waals surface area contributed by atoms with Gasteiger partial charge in [-0.1, -0.05) is 24.9 Å². The van der Waals surface area contributed by atoms with Gasteiger partial charge in [-0.25, -0.2) is 4.99 Å². The van der Waals surface area contributed by atoms with Crippen molar-refractivity contribution in [1.82, 2.24) is 3.96 Å². The molecule has 0 saturated heterocycles. The highest BCUT2D eigenvalue weighted by Gasteiger charge is 2.17. The molecule has 27 heavy (non-hydrogen) atoms. The maximum atomic E-state index is 9.18. The standard InChI is InChI=1S/C20H25ClN4OS/c1-6-7-8-14-12-25(20(2,3)4)27-19(14)24-18(23-13-22)16-11-15(21)9-10-17(16)26-5/h9-12H,6-8H2,1-5H3/b23-18?,24-19-. The van der Waals surface area contributed by atoms with Gasteiger partial charge in [0.1, 0.15) is 10.4 Å². The van der Waals surface area contributed by atoms with Crippen LogP contribution >= 0.6 is 23.1 Å². The van der Waals surface area contributed by atoms with Crippen LogP contribution in [0, 0.1) is 11.5 Å². The van der Waals surface area contributed by atoms with Crippen LogP contribution in [-0.4, -0.2) is 16.9 Å². The highest BCUT2D eigenvalue weighted by atomic mass is 35.5. The number of amidine groups is 1. The molecule has 7 heteroatoms. The van der Waals surface area contributed by atoms with E-state index in [0.29, 0.717) is 22.2 Å². The van der Waals surface area contributed by atoms with Crippen molar-refractivity contribution in [2.45, 2.75) is 52.5 Å². The maximum Gasteiger partial charge on any atom is 0.207 e. The Balaban J connectivity index is 2.66. The van der Waals surface area contributed by atoms with Crippen molar-refractivity contribution >= 4 is 29.0 Å². The lowest BCUT2D eigenvalue weighted by Crippen LogP contribution is -2.18. The molecule has 0 aliphatic carbocycles. The van der Waals surface area contributed by atoms with Gasteiger partial charge in [0.05, 0.1) is 12.7 Å². The van der Waals surface area contributed by atoms with Crippen LogP contribution in [0.2, 0.25) is 5.02 Å². The summed E-state index contributed by atoms with van der Waals surface area (Å²) in [7, 11) is 1.57. The molecule has 0 N–H and O–H groups in total. The van der Waals surface area contributed by atoms with Gasteiger partial charge in [0.15, 0.2) is 5.84 Å². The van der Waals surface area contributed by atoms with Crippen molar-refractivity contribution in [3.05, 3.63) is 45.2 Å². The van der Waals surface area contributed by atoms with Crippen molar-refractivity contribution < 1.29 is 4.74 Å². The van der Waals surface area contributed by atoms with Crippen LogP contribution < -0.4 is 9.41 Å². The fraction of sp³-hybridized carbons (Fsp3) is 0.450. The molecule has 0 aliphatic heterocycles. The van der Waals surface area contributed by atoms with Crippen molar-refractivity contribution in [2.24, 2.45) is 9.98 Å². The van der Waals surface area contributed by atoms with Crippen LogP contribution in [0.15, 0.2) is 34.4 Å². The van der Waals surface area contributed by atoms with Gasteiger partial charge in [-0.15, -0.1) is 0 Å². The van der Waals surface area contributed by atoms with Crippen molar-refractivity contribution in [1.29, 1.82) is 5.26 Å². The van der Waals surface area contributed by atoms with E-state index in [9.17, 15) is 5.26 Å². The summed E-state index contributed by atoms with van der Waals surface area (Å²) in [5.74, 6) is 0.880. The molecule has 0 radical (unpaired) electrons. The largest absolute Gasteiger partial charge is 0.496 e. The van der Waals surface area contributed by atoms with E-state index in [-0.39, 0.29) is 5.54 Å². The average Bonchev–Trinajstić information content (AvgIpc) is 3.02. The molecule has 0 atom stereocenters. The molecular weight excluding hydrogens is 380 g/mol. The first-order valence-electron chi connectivity index (χ1n) is 8.88. The summed E-state index contributed by atoms with van der Waals surface area (Å²) in [4.78, 5) is 8.69. The second-order valence-electron chi connectivity index (χ2n) is 7.14. The van der Waals surface area contributed by atoms with Gasteiger partial charge in [0, 0.05) is 22.3 Å². The molecule has 1 aromatic carbocycles. The summed E-state index contributed by atoms with van der Waals surface area (Å²) < 4.78 is 8.46. The van der Waals surface area contributed by atoms with E-state index >= 15 is 0 Å². The third-order valence-corrected chi connectivity index (χ3v) is 5.57. The van der Waals surface area contributed by atoms with Crippen LogP contribution in [0.4, 0.5) is 0 Å². The van der Waals surface area contributed by atoms with Crippen LogP contribution in [0.5, 0.6) is 5.75 Å². The van der Waals surface area contributed by atoms with Crippen molar-refractivity contribution in [3.63, 3.8) is 0 Å². The molecule has 0 amide bonds. The Hall–Kier alpha value is -2.10. The molecule has 0 bridgehead atoms. The molecule has 1 heterocycles. The van der Waals surface area contributed by atoms with E-state index in [1.165, 1.54) is 0 Å². The predicted octanol–water partition coefficient (Wildman–Crippen LogP) is 5.14. The van der Waals surface area contributed by atoms with Gasteiger partial charge < -0.3 is 4.74 Å². The Morgan fingerprint density at radius 3 is 2.70 bits per heavy atom. The average molecular weight is 405 g/mol. The van der Waals surface area contributed by atoms with Gasteiger partial charge in [-0.3, -0.25) is 3.96 Å². The smallest absolute Gasteiger partial charge is 0.207 e. The number of methoxy groups -OCH3 is 1. The van der Waals surface area contributed by atoms with Gasteiger partial charge in [-0.05, 0) is 63.3 Å². The van der Waals surface area contributed by atoms with E-state index in [2.05, 4.69) is 42.8 Å². The van der Waals surface area contributed by atoms with Crippen LogP contribution in [0.25, 0.3) is 0 Å². The zero-order chi connectivity index (χ0) is 20.0. The van der Waals surface area contributed by atoms with Crippen molar-refractivity contribution in [3.8, 4) is 11.9 Å². The summed E-state index contributed by atoms with van der Waals surface area (Å²) in [5.41, 5.74) is 1.71. The molecule has 5 nitrogen and oxygen atoms in total. The number of rotatable bonds is 5. The number of unbranched alkanes of at least 4 members (excludes halogenated alkanes) is 1. The predicted molar refractivity (Wildman–Crippen MR) is 112 cm³/mol. The Labute approximate surface area is 169 Å². The number of aryl methyl sites for hydroxylation is 1. The molecule has 144 valence electrons. The number of aliphatic imine (C=N–C) groups is 1. The number of hydrogen-bond acceptors (Lipinski definition) is 4. The minimum atomic E-state index is -0.0420. The number of nitriles is 1. The fourth-order valence-corrected chi connectivity index (χ4v) is 3.69. The second-order valence-corrected chi connectivity index (χ2v) is 8.54. The van der Waals surface area contributed by atoms with Crippen LogP contribution in [0.3, 0.4) is 0 Å². The lowest BCUT2D eigenvalue weighted by molar-refractivity contribution is 0.414. The zero-order valence-electron chi connectivity index (χ0n) is 16.4. The number of benzene rings is 1. The molecule has 0 aliphatic rings. The minimum Gasteiger partial charge on any atom is -0.496 e. The molecule has 2 rings (SSSR count). The molecule has 0 unspecified atom stereocenters. The lowest BCUT2D eigenvalue weighted by atomic mass is 10.1. The van der Waals surface area contributed by atoms with Gasteiger partial charge in [0.25, 0.3) is 0 Å². The minimum absolute atomic E-state index is 0.0420. The Kier molecular flexibility index (Phi) is 7.23. The third kappa shape index (κ3) is 5.44. The SMILES string of the molecule is CCCCc1cn(C(C)(C)C)s/c1=N\C(=NC#N)c1cc(Cl)ccc1OC. The topological polar surface area (TPSA) is 62.7 Å². The first-order chi connectivity index (χ1) is 12.8. The molecule has 1 aromatic heterocycles. The fourth-order valence-electron chi connectivity index (χ4n) is 2.48. The van der Waals surface area contributed by atoms with Gasteiger partial charge in [0.2, 0.25) is 6.19 Å². The quantitative estimate of drug-likeness (QED) is 0.393. The van der Waals surface area contributed by atoms with E-state index < -0.39 is 0 Å². The number of halogens is 1. The van der Waals surface area contributed by atoms with Gasteiger partial charge >= 0.3 is 0 Å². The molecule has 2 aromatic rings. The summed E-state index contributed by atoms with van der Waals surface area (Å²) >= 11 is 7.72. The summed E-state index contributed by atoms with van der Waals surface area (Å²) in [6.07, 6.45) is 7.11. The Bertz CT molecular complexity index is 929. The molecular formula is C20H25ClN4OS. The highest BCUT2D eigenvalue weighted by Crippen LogP contribution is 2.24. The normalized spacial score (nSPS) is 12.9. The highest BCUT2D eigenvalue weighted by molar-refractivity contribution is 7.04. The third-order valence-electron chi connectivity index (χ3n) is 3.96. The summed E-state index contributed by atoms with van der Waals surface area (Å²) in [6.45, 7) is 8.63. The van der Waals surface area contributed by atoms with E-state index in [1.54, 1.807) is 36.8 Å². The number of nitrogens with zero attached hydrogens (tertiary/aromatic N) is 4. The molecule has 0 spiro atoms. The molecule has 0 saturated carbocycles. The molecule has 0 fully saturated rings. The van der Waals surface area contributed by atoms with Crippen LogP contribution in [0.1, 0.15) is 51.7 Å². The van der Waals surface area contributed by atoms with E-state index in [0.717, 1.165) is 29.5 Å². The first kappa shape index (κ1) is 21.2. The second kappa shape index (κ2) is 9.20. The summed E-state index contributed by atoms with van der Waals surface area (Å²) in [6, 6.07) is 5.21. The van der Waals surface area contributed by atoms with Crippen LogP contribution in [-0.2, 0) is 12.0 Å². The number of ether oxygens (including phenoxy) is 1. The maximum absolute atomic E-state index is 9.18. The lowest BCUT2D eigenvalue weighted by Gasteiger charge is -2.19. The number of aromatic nitrogens is 1. The Morgan fingerprint density at radius 1 is 1.37 bits per heavy atom. The Morgan fingerprint density at radius 2 is 2.11 bits per heavy atom. The first-order valence-corrected chi connectivity index (χ1v) is 10.0. The van der Waals surface area contributed by atoms with E-state index in [1.807, 2.05) is 6.19 Å². The summed E-state index contributed by atoms with van der Waals surface area (Å²) in [5, 5.41) is 9.72. The van der Waals surface area contributed by atoms with Gasteiger partial charge in [-0.2, -0.15) is 10.3 Å². The van der Waals surface area contributed by atoms with Crippen molar-refractivity contribution in [2.75, 3.05) is 7.11 Å².